The monoisotopic (exact) mass is 376 g/mol. The summed E-state index contributed by atoms with van der Waals surface area (Å²) in [6.45, 7) is 0. The van der Waals surface area contributed by atoms with Crippen LogP contribution in [0.2, 0.25) is 0 Å². The Bertz CT molecular complexity index is 1260. The molecule has 26 heavy (non-hydrogen) atoms. The zero-order chi connectivity index (χ0) is 18.0. The Morgan fingerprint density at radius 1 is 0.500 bits per heavy atom. The molecule has 0 radical (unpaired) electrons. The Morgan fingerprint density at radius 3 is 1.23 bits per heavy atom. The van der Waals surface area contributed by atoms with Gasteiger partial charge in [-0.1, -0.05) is 48.5 Å². The van der Waals surface area contributed by atoms with Crippen molar-refractivity contribution in [3.05, 3.63) is 71.8 Å². The van der Waals surface area contributed by atoms with Crippen molar-refractivity contribution in [1.82, 2.24) is 0 Å². The molecule has 5 aromatic carbocycles. The van der Waals surface area contributed by atoms with Gasteiger partial charge >= 0.3 is 0 Å². The maximum atomic E-state index is 11.9. The van der Waals surface area contributed by atoms with Crippen molar-refractivity contribution in [2.24, 2.45) is 0 Å². The van der Waals surface area contributed by atoms with Gasteiger partial charge in [-0.3, -0.25) is 9.59 Å². The first-order valence-corrected chi connectivity index (χ1v) is 8.85. The number of benzene rings is 5. The third-order valence-corrected chi connectivity index (χ3v) is 5.49. The van der Waals surface area contributed by atoms with E-state index in [1.807, 2.05) is 48.5 Å². The molecule has 0 aliphatic carbocycles. The van der Waals surface area contributed by atoms with Gasteiger partial charge in [0, 0.05) is 11.1 Å². The molecule has 0 aliphatic heterocycles. The van der Waals surface area contributed by atoms with Crippen LogP contribution in [0.15, 0.2) is 60.7 Å². The summed E-state index contributed by atoms with van der Waals surface area (Å²) in [6, 6.07) is 19.1. The van der Waals surface area contributed by atoms with Crippen LogP contribution in [0.1, 0.15) is 20.7 Å². The van der Waals surface area contributed by atoms with Gasteiger partial charge in [-0.15, -0.1) is 0 Å². The zero-order valence-electron chi connectivity index (χ0n) is 13.3. The van der Waals surface area contributed by atoms with E-state index in [4.69, 9.17) is 23.2 Å². The lowest BCUT2D eigenvalue weighted by atomic mass is 9.87. The van der Waals surface area contributed by atoms with Crippen molar-refractivity contribution < 1.29 is 9.59 Å². The number of rotatable bonds is 2. The molecule has 0 atom stereocenters. The molecule has 0 bridgehead atoms. The lowest BCUT2D eigenvalue weighted by Gasteiger charge is -2.16. The number of hydrogen-bond donors (Lipinski definition) is 0. The van der Waals surface area contributed by atoms with Crippen LogP contribution >= 0.6 is 23.2 Å². The van der Waals surface area contributed by atoms with E-state index in [9.17, 15) is 9.59 Å². The second-order valence-corrected chi connectivity index (χ2v) is 7.01. The number of fused-ring (bicyclic) bond motifs is 2. The highest BCUT2D eigenvalue weighted by molar-refractivity contribution is 6.69. The van der Waals surface area contributed by atoms with Crippen LogP contribution in [-0.2, 0) is 0 Å². The molecular formula is C22H10Cl2O2. The van der Waals surface area contributed by atoms with Crippen LogP contribution in [0.5, 0.6) is 0 Å². The van der Waals surface area contributed by atoms with Crippen LogP contribution in [0.3, 0.4) is 0 Å². The predicted octanol–water partition coefficient (Wildman–Crippen LogP) is 6.50. The van der Waals surface area contributed by atoms with E-state index in [1.165, 1.54) is 0 Å². The molecule has 0 N–H and O–H groups in total. The van der Waals surface area contributed by atoms with Gasteiger partial charge in [0.2, 0.25) is 0 Å². The fraction of sp³-hybridized carbons (Fsp3) is 0. The van der Waals surface area contributed by atoms with Gasteiger partial charge in [0.25, 0.3) is 10.5 Å². The van der Waals surface area contributed by atoms with E-state index < -0.39 is 10.5 Å². The Morgan fingerprint density at radius 2 is 0.846 bits per heavy atom. The van der Waals surface area contributed by atoms with Crippen LogP contribution in [0, 0.1) is 0 Å². The standard InChI is InChI=1S/C22H10Cl2O2/c23-21(25)17-9-8-16-12-4-2-6-14-18(22(24)26)10-7-15(20(12)14)11-3-1-5-13(17)19(11)16/h1-10H. The van der Waals surface area contributed by atoms with Crippen molar-refractivity contribution in [3.8, 4) is 0 Å². The number of carbonyl (C=O) groups excluding carboxylic acids is 2. The van der Waals surface area contributed by atoms with Gasteiger partial charge in [-0.05, 0) is 78.4 Å². The minimum atomic E-state index is -0.471. The van der Waals surface area contributed by atoms with E-state index in [1.54, 1.807) is 12.1 Å². The van der Waals surface area contributed by atoms with Crippen LogP contribution in [0.4, 0.5) is 0 Å². The highest BCUT2D eigenvalue weighted by Crippen LogP contribution is 2.42. The van der Waals surface area contributed by atoms with Gasteiger partial charge in [0.15, 0.2) is 0 Å². The quantitative estimate of drug-likeness (QED) is 0.200. The summed E-state index contributed by atoms with van der Waals surface area (Å²) < 4.78 is 0. The van der Waals surface area contributed by atoms with Gasteiger partial charge in [-0.2, -0.15) is 0 Å². The Hall–Kier alpha value is -2.68. The second-order valence-electron chi connectivity index (χ2n) is 6.33. The highest BCUT2D eigenvalue weighted by atomic mass is 35.5. The molecule has 0 spiro atoms. The van der Waals surface area contributed by atoms with Gasteiger partial charge in [0.1, 0.15) is 0 Å². The number of hydrogen-bond acceptors (Lipinski definition) is 2. The van der Waals surface area contributed by atoms with Crippen molar-refractivity contribution in [2.45, 2.75) is 0 Å². The molecule has 0 unspecified atom stereocenters. The third-order valence-electron chi connectivity index (χ3n) is 5.09. The normalized spacial score (nSPS) is 11.8. The second kappa shape index (κ2) is 5.41. The fourth-order valence-electron chi connectivity index (χ4n) is 4.05. The van der Waals surface area contributed by atoms with Crippen LogP contribution < -0.4 is 0 Å². The van der Waals surface area contributed by atoms with Gasteiger partial charge < -0.3 is 0 Å². The Balaban J connectivity index is 2.15. The van der Waals surface area contributed by atoms with Crippen LogP contribution in [-0.4, -0.2) is 10.5 Å². The maximum absolute atomic E-state index is 11.9. The summed E-state index contributed by atoms with van der Waals surface area (Å²) in [5, 5.41) is 6.82. The van der Waals surface area contributed by atoms with E-state index in [0.717, 1.165) is 43.1 Å². The summed E-state index contributed by atoms with van der Waals surface area (Å²) in [6.07, 6.45) is 0. The number of carbonyl (C=O) groups is 2. The minimum absolute atomic E-state index is 0.471. The molecule has 5 rings (SSSR count). The summed E-state index contributed by atoms with van der Waals surface area (Å²) in [7, 11) is 0. The van der Waals surface area contributed by atoms with E-state index in [0.29, 0.717) is 11.1 Å². The van der Waals surface area contributed by atoms with E-state index in [2.05, 4.69) is 0 Å². The molecule has 124 valence electrons. The average molecular weight is 377 g/mol. The lowest BCUT2D eigenvalue weighted by Crippen LogP contribution is -1.96. The summed E-state index contributed by atoms with van der Waals surface area (Å²) in [5.74, 6) is 0. The van der Waals surface area contributed by atoms with Gasteiger partial charge in [-0.25, -0.2) is 0 Å². The van der Waals surface area contributed by atoms with E-state index in [-0.39, 0.29) is 0 Å². The summed E-state index contributed by atoms with van der Waals surface area (Å²) in [4.78, 5) is 23.7. The molecule has 0 heterocycles. The minimum Gasteiger partial charge on any atom is -0.276 e. The fourth-order valence-corrected chi connectivity index (χ4v) is 4.38. The summed E-state index contributed by atoms with van der Waals surface area (Å²) >= 11 is 11.6. The molecular weight excluding hydrogens is 367 g/mol. The Labute approximate surface area is 158 Å². The first-order valence-electron chi connectivity index (χ1n) is 8.10. The van der Waals surface area contributed by atoms with Crippen molar-refractivity contribution in [2.75, 3.05) is 0 Å². The molecule has 0 amide bonds. The largest absolute Gasteiger partial charge is 0.276 e. The topological polar surface area (TPSA) is 34.1 Å². The molecule has 0 fully saturated rings. The van der Waals surface area contributed by atoms with E-state index >= 15 is 0 Å². The molecule has 0 saturated heterocycles. The molecule has 4 heteroatoms. The molecule has 5 aromatic rings. The third kappa shape index (κ3) is 1.94. The average Bonchev–Trinajstić information content (AvgIpc) is 2.64. The van der Waals surface area contributed by atoms with Crippen LogP contribution in [0.25, 0.3) is 43.1 Å². The maximum Gasteiger partial charge on any atom is 0.253 e. The smallest absolute Gasteiger partial charge is 0.253 e. The molecule has 0 aliphatic rings. The lowest BCUT2D eigenvalue weighted by molar-refractivity contribution is 0.107. The SMILES string of the molecule is O=C(Cl)c1ccc2c3cccc4c(C(=O)Cl)ccc(c5cccc1c52)c43. The predicted molar refractivity (Wildman–Crippen MR) is 108 cm³/mol. The number of halogens is 2. The van der Waals surface area contributed by atoms with Crippen molar-refractivity contribution >= 4 is 76.8 Å². The van der Waals surface area contributed by atoms with Gasteiger partial charge in [0.05, 0.1) is 0 Å². The zero-order valence-corrected chi connectivity index (χ0v) is 14.9. The summed E-state index contributed by atoms with van der Waals surface area (Å²) in [5.41, 5.74) is 0.992. The molecule has 0 aromatic heterocycles. The molecule has 2 nitrogen and oxygen atoms in total. The highest BCUT2D eigenvalue weighted by Gasteiger charge is 2.18. The Kier molecular flexibility index (Phi) is 3.24. The first-order chi connectivity index (χ1) is 12.6. The molecule has 0 saturated carbocycles. The van der Waals surface area contributed by atoms with Crippen molar-refractivity contribution in [1.29, 1.82) is 0 Å². The first kappa shape index (κ1) is 15.6. The van der Waals surface area contributed by atoms with Crippen molar-refractivity contribution in [3.63, 3.8) is 0 Å².